The fourth-order valence-electron chi connectivity index (χ4n) is 4.48. The molecular formula is C38H35NO11. The van der Waals surface area contributed by atoms with Crippen LogP contribution in [0.25, 0.3) is 0 Å². The molecule has 258 valence electrons. The van der Waals surface area contributed by atoms with Crippen LogP contribution < -0.4 is 5.32 Å². The minimum atomic E-state index is -2.37. The minimum absolute atomic E-state index is 0.0330. The van der Waals surface area contributed by atoms with Gasteiger partial charge in [0.05, 0.1) is 17.5 Å². The number of aliphatic carboxylic acids is 1. The first kappa shape index (κ1) is 36.5. The molecule has 0 heterocycles. The number of ether oxygens (including phenoxy) is 4. The molecule has 12 heteroatoms. The Bertz CT molecular complexity index is 1790. The Morgan fingerprint density at radius 1 is 0.600 bits per heavy atom. The number of benzene rings is 4. The maximum absolute atomic E-state index is 13.8. The Morgan fingerprint density at radius 2 is 1.04 bits per heavy atom. The van der Waals surface area contributed by atoms with E-state index in [1.54, 1.807) is 98.8 Å². The summed E-state index contributed by atoms with van der Waals surface area (Å²) in [5, 5.41) is 12.4. The van der Waals surface area contributed by atoms with Gasteiger partial charge in [0.2, 0.25) is 12.2 Å². The number of hydrogen-bond acceptors (Lipinski definition) is 10. The lowest BCUT2D eigenvalue weighted by molar-refractivity contribution is -0.161. The first-order chi connectivity index (χ1) is 24.0. The Balaban J connectivity index is 1.60. The van der Waals surface area contributed by atoms with Gasteiger partial charge in [-0.3, -0.25) is 9.59 Å². The van der Waals surface area contributed by atoms with Gasteiger partial charge in [-0.15, -0.1) is 0 Å². The zero-order chi connectivity index (χ0) is 36.0. The molecule has 3 unspecified atom stereocenters. The molecular weight excluding hydrogens is 646 g/mol. The number of carbonyl (C=O) groups excluding carboxylic acids is 5. The Morgan fingerprint density at radius 3 is 1.50 bits per heavy atom. The highest BCUT2D eigenvalue weighted by Gasteiger charge is 2.42. The van der Waals surface area contributed by atoms with Crippen molar-refractivity contribution in [2.24, 2.45) is 0 Å². The van der Waals surface area contributed by atoms with E-state index in [9.17, 15) is 33.9 Å². The summed E-state index contributed by atoms with van der Waals surface area (Å²) >= 11 is 0. The van der Waals surface area contributed by atoms with Gasteiger partial charge in [0.1, 0.15) is 19.3 Å². The molecule has 2 N–H and O–H groups in total. The number of carbonyl (C=O) groups is 6. The number of esters is 4. The van der Waals surface area contributed by atoms with E-state index in [0.29, 0.717) is 11.1 Å². The third-order valence-electron chi connectivity index (χ3n) is 7.26. The van der Waals surface area contributed by atoms with Crippen LogP contribution in [-0.4, -0.2) is 59.1 Å². The lowest BCUT2D eigenvalue weighted by Crippen LogP contribution is -2.54. The van der Waals surface area contributed by atoms with Crippen LogP contribution in [0.2, 0.25) is 0 Å². The van der Waals surface area contributed by atoms with E-state index in [-0.39, 0.29) is 24.3 Å². The second-order valence-electron chi connectivity index (χ2n) is 11.2. The molecule has 12 nitrogen and oxygen atoms in total. The lowest BCUT2D eigenvalue weighted by Gasteiger charge is -2.25. The number of aryl methyl sites for hydroxylation is 2. The molecule has 0 saturated heterocycles. The number of amides is 1. The zero-order valence-corrected chi connectivity index (χ0v) is 27.3. The summed E-state index contributed by atoms with van der Waals surface area (Å²) in [6, 6.07) is 27.5. The van der Waals surface area contributed by atoms with Crippen molar-refractivity contribution in [2.75, 3.05) is 0 Å². The monoisotopic (exact) mass is 681 g/mol. The van der Waals surface area contributed by atoms with Crippen molar-refractivity contribution >= 4 is 35.8 Å². The highest BCUT2D eigenvalue weighted by atomic mass is 16.6. The van der Waals surface area contributed by atoms with Crippen molar-refractivity contribution in [3.8, 4) is 0 Å². The van der Waals surface area contributed by atoms with Crippen molar-refractivity contribution < 1.29 is 52.8 Å². The van der Waals surface area contributed by atoms with E-state index in [2.05, 4.69) is 5.32 Å². The molecule has 0 aliphatic rings. The SMILES string of the molecule is Cc1ccc(C(=O)OC(C(=O)O)C(OC(=O)c2ccc(C)cc2)C(=O)NC(CC(=O)OCc2ccccc2)C(=O)OCc2ccccc2)cc1. The molecule has 0 aliphatic carbocycles. The van der Waals surface area contributed by atoms with E-state index < -0.39 is 60.4 Å². The largest absolute Gasteiger partial charge is 0.478 e. The summed E-state index contributed by atoms with van der Waals surface area (Å²) in [7, 11) is 0. The highest BCUT2D eigenvalue weighted by Crippen LogP contribution is 2.16. The Labute approximate surface area is 287 Å². The number of carboxylic acids is 1. The van der Waals surface area contributed by atoms with E-state index in [4.69, 9.17) is 18.9 Å². The normalized spacial score (nSPS) is 12.4. The zero-order valence-electron chi connectivity index (χ0n) is 27.3. The average molecular weight is 682 g/mol. The molecule has 1 amide bonds. The molecule has 4 rings (SSSR count). The van der Waals surface area contributed by atoms with E-state index in [1.807, 2.05) is 0 Å². The van der Waals surface area contributed by atoms with Crippen molar-refractivity contribution in [1.82, 2.24) is 5.32 Å². The summed E-state index contributed by atoms with van der Waals surface area (Å²) < 4.78 is 21.2. The molecule has 50 heavy (non-hydrogen) atoms. The predicted molar refractivity (Wildman–Crippen MR) is 177 cm³/mol. The summed E-state index contributed by atoms with van der Waals surface area (Å²) in [4.78, 5) is 78.6. The van der Waals surface area contributed by atoms with Crippen LogP contribution in [0.15, 0.2) is 109 Å². The van der Waals surface area contributed by atoms with Gasteiger partial charge in [-0.1, -0.05) is 96.1 Å². The number of carboxylic acid groups (broad SMARTS) is 1. The Kier molecular flexibility index (Phi) is 13.0. The van der Waals surface area contributed by atoms with Gasteiger partial charge in [0.15, 0.2) is 0 Å². The van der Waals surface area contributed by atoms with Crippen molar-refractivity contribution in [3.05, 3.63) is 143 Å². The molecule has 0 spiro atoms. The summed E-state index contributed by atoms with van der Waals surface area (Å²) in [6.45, 7) is 3.20. The molecule has 0 radical (unpaired) electrons. The maximum Gasteiger partial charge on any atom is 0.349 e. The van der Waals surface area contributed by atoms with Gasteiger partial charge >= 0.3 is 29.8 Å². The molecule has 0 aromatic heterocycles. The van der Waals surface area contributed by atoms with Crippen molar-refractivity contribution in [3.63, 3.8) is 0 Å². The summed E-state index contributed by atoms with van der Waals surface area (Å²) in [5.74, 6) is -7.38. The van der Waals surface area contributed by atoms with Gasteiger partial charge in [-0.2, -0.15) is 0 Å². The molecule has 4 aromatic carbocycles. The van der Waals surface area contributed by atoms with Crippen LogP contribution in [0.4, 0.5) is 0 Å². The van der Waals surface area contributed by atoms with Crippen molar-refractivity contribution in [2.45, 2.75) is 51.7 Å². The fourth-order valence-corrected chi connectivity index (χ4v) is 4.48. The summed E-state index contributed by atoms with van der Waals surface area (Å²) in [5.41, 5.74) is 2.82. The van der Waals surface area contributed by atoms with Crippen LogP contribution >= 0.6 is 0 Å². The molecule has 0 fully saturated rings. The van der Waals surface area contributed by atoms with Crippen LogP contribution in [0.1, 0.15) is 49.4 Å². The van der Waals surface area contributed by atoms with Gasteiger partial charge in [0, 0.05) is 0 Å². The second kappa shape index (κ2) is 17.7. The fraction of sp³-hybridized carbons (Fsp3) is 0.211. The highest BCUT2D eigenvalue weighted by molar-refractivity contribution is 5.98. The number of nitrogens with one attached hydrogen (secondary N) is 1. The minimum Gasteiger partial charge on any atom is -0.478 e. The Hall–Kier alpha value is -6.30. The van der Waals surface area contributed by atoms with E-state index in [0.717, 1.165) is 11.1 Å². The number of rotatable bonds is 15. The summed E-state index contributed by atoms with van der Waals surface area (Å²) in [6.07, 6.45) is -5.42. The average Bonchev–Trinajstić information content (AvgIpc) is 3.12. The smallest absolute Gasteiger partial charge is 0.349 e. The second-order valence-corrected chi connectivity index (χ2v) is 11.2. The molecule has 0 bridgehead atoms. The van der Waals surface area contributed by atoms with Gasteiger partial charge in [-0.25, -0.2) is 19.2 Å². The number of hydrogen-bond donors (Lipinski definition) is 2. The van der Waals surface area contributed by atoms with E-state index in [1.165, 1.54) is 24.3 Å². The van der Waals surface area contributed by atoms with Crippen LogP contribution in [0.3, 0.4) is 0 Å². The van der Waals surface area contributed by atoms with Gasteiger partial charge in [-0.05, 0) is 49.2 Å². The van der Waals surface area contributed by atoms with Crippen molar-refractivity contribution in [1.29, 1.82) is 0 Å². The van der Waals surface area contributed by atoms with Crippen LogP contribution in [0, 0.1) is 13.8 Å². The first-order valence-electron chi connectivity index (χ1n) is 15.5. The van der Waals surface area contributed by atoms with Gasteiger partial charge in [0.25, 0.3) is 5.91 Å². The predicted octanol–water partition coefficient (Wildman–Crippen LogP) is 4.50. The van der Waals surface area contributed by atoms with Crippen LogP contribution in [0.5, 0.6) is 0 Å². The standard InChI is InChI=1S/C38H35NO11/c1-24-13-17-28(18-14-24)36(44)49-32(33(35(42)43)50-37(45)29-19-15-25(2)16-20-29)34(41)39-30(38(46)48-23-27-11-7-4-8-12-27)21-31(40)47-22-26-9-5-3-6-10-26/h3-20,30,32-33H,21-23H2,1-2H3,(H,39,41)(H,42,43). The molecule has 3 atom stereocenters. The lowest BCUT2D eigenvalue weighted by atomic mass is 10.1. The topological polar surface area (TPSA) is 172 Å². The first-order valence-corrected chi connectivity index (χ1v) is 15.5. The molecule has 0 aliphatic heterocycles. The van der Waals surface area contributed by atoms with Crippen LogP contribution in [-0.2, 0) is 51.3 Å². The quantitative estimate of drug-likeness (QED) is 0.134. The molecule has 0 saturated carbocycles. The third-order valence-corrected chi connectivity index (χ3v) is 7.26. The molecule has 4 aromatic rings. The van der Waals surface area contributed by atoms with Gasteiger partial charge < -0.3 is 29.4 Å². The maximum atomic E-state index is 13.8. The third kappa shape index (κ3) is 10.9. The van der Waals surface area contributed by atoms with E-state index >= 15 is 0 Å².